The van der Waals surface area contributed by atoms with Crippen LogP contribution in [-0.4, -0.2) is 4.98 Å². The predicted molar refractivity (Wildman–Crippen MR) is 71.7 cm³/mol. The second-order valence-electron chi connectivity index (χ2n) is 4.08. The minimum Gasteiger partial charge on any atom is -0.319 e. The summed E-state index contributed by atoms with van der Waals surface area (Å²) in [6.07, 6.45) is -3.20. The van der Waals surface area contributed by atoms with Gasteiger partial charge in [0, 0.05) is 6.20 Å². The van der Waals surface area contributed by atoms with Crippen LogP contribution in [0.4, 0.5) is 13.2 Å². The first-order valence-electron chi connectivity index (χ1n) is 5.53. The summed E-state index contributed by atoms with van der Waals surface area (Å²) >= 11 is 11.6. The number of nitrogens with two attached hydrogens (primary N) is 1. The minimum absolute atomic E-state index is 0.0864. The Morgan fingerprint density at radius 2 is 1.80 bits per heavy atom. The molecule has 7 heteroatoms. The van der Waals surface area contributed by atoms with E-state index in [0.29, 0.717) is 0 Å². The second-order valence-corrected chi connectivity index (χ2v) is 4.93. The Kier molecular flexibility index (Phi) is 4.22. The van der Waals surface area contributed by atoms with Crippen molar-refractivity contribution in [2.75, 3.05) is 0 Å². The molecule has 0 spiro atoms. The summed E-state index contributed by atoms with van der Waals surface area (Å²) in [5.41, 5.74) is 5.13. The van der Waals surface area contributed by atoms with Crippen LogP contribution in [-0.2, 0) is 6.18 Å². The molecule has 2 aromatic rings. The van der Waals surface area contributed by atoms with Crippen LogP contribution >= 0.6 is 23.2 Å². The van der Waals surface area contributed by atoms with Crippen LogP contribution in [0.25, 0.3) is 0 Å². The molecule has 0 saturated carbocycles. The first-order valence-corrected chi connectivity index (χ1v) is 6.29. The molecule has 0 fully saturated rings. The zero-order valence-corrected chi connectivity index (χ0v) is 11.5. The Bertz CT molecular complexity index is 629. The van der Waals surface area contributed by atoms with Crippen molar-refractivity contribution in [1.82, 2.24) is 4.98 Å². The molecule has 1 unspecified atom stereocenters. The van der Waals surface area contributed by atoms with Crippen LogP contribution in [0.3, 0.4) is 0 Å². The Hall–Kier alpha value is -1.30. The highest BCUT2D eigenvalue weighted by molar-refractivity contribution is 6.34. The maximum absolute atomic E-state index is 13.0. The van der Waals surface area contributed by atoms with Crippen molar-refractivity contribution in [1.29, 1.82) is 0 Å². The van der Waals surface area contributed by atoms with Gasteiger partial charge in [-0.15, -0.1) is 0 Å². The van der Waals surface area contributed by atoms with E-state index in [1.807, 2.05) is 0 Å². The first-order chi connectivity index (χ1) is 9.30. The van der Waals surface area contributed by atoms with Gasteiger partial charge in [0.25, 0.3) is 0 Å². The maximum Gasteiger partial charge on any atom is 0.416 e. The van der Waals surface area contributed by atoms with Gasteiger partial charge in [-0.25, -0.2) is 0 Å². The van der Waals surface area contributed by atoms with Crippen LogP contribution in [0.15, 0.2) is 36.5 Å². The van der Waals surface area contributed by atoms with Gasteiger partial charge in [0.15, 0.2) is 0 Å². The van der Waals surface area contributed by atoms with Crippen molar-refractivity contribution in [3.8, 4) is 0 Å². The lowest BCUT2D eigenvalue weighted by Crippen LogP contribution is -2.19. The third kappa shape index (κ3) is 3.06. The molecule has 0 saturated heterocycles. The van der Waals surface area contributed by atoms with Crippen molar-refractivity contribution >= 4 is 23.2 Å². The van der Waals surface area contributed by atoms with Crippen molar-refractivity contribution in [3.05, 3.63) is 63.4 Å². The predicted octanol–water partition coefficient (Wildman–Crippen LogP) is 4.46. The Morgan fingerprint density at radius 3 is 2.40 bits per heavy atom. The van der Waals surface area contributed by atoms with Gasteiger partial charge in [-0.3, -0.25) is 4.98 Å². The minimum atomic E-state index is -4.49. The fourth-order valence-corrected chi connectivity index (χ4v) is 2.33. The molecular weight excluding hydrogens is 312 g/mol. The average molecular weight is 321 g/mol. The molecule has 0 amide bonds. The zero-order chi connectivity index (χ0) is 14.9. The van der Waals surface area contributed by atoms with E-state index in [0.717, 1.165) is 6.07 Å². The first kappa shape index (κ1) is 15.1. The molecule has 0 radical (unpaired) electrons. The van der Waals surface area contributed by atoms with Crippen LogP contribution < -0.4 is 5.73 Å². The highest BCUT2D eigenvalue weighted by Gasteiger charge is 2.35. The number of nitrogens with zero attached hydrogens (tertiary/aromatic N) is 1. The van der Waals surface area contributed by atoms with Gasteiger partial charge in [-0.1, -0.05) is 41.4 Å². The summed E-state index contributed by atoms with van der Waals surface area (Å²) in [7, 11) is 0. The molecule has 1 atom stereocenters. The van der Waals surface area contributed by atoms with Crippen LogP contribution in [0.1, 0.15) is 22.9 Å². The van der Waals surface area contributed by atoms with E-state index < -0.39 is 17.8 Å². The van der Waals surface area contributed by atoms with Crippen LogP contribution in [0.2, 0.25) is 10.0 Å². The summed E-state index contributed by atoms with van der Waals surface area (Å²) < 4.78 is 38.9. The quantitative estimate of drug-likeness (QED) is 0.887. The summed E-state index contributed by atoms with van der Waals surface area (Å²) in [5.74, 6) is 0. The van der Waals surface area contributed by atoms with Crippen LogP contribution in [0.5, 0.6) is 0 Å². The fourth-order valence-electron chi connectivity index (χ4n) is 1.83. The number of hydrogen-bond donors (Lipinski definition) is 1. The van der Waals surface area contributed by atoms with E-state index >= 15 is 0 Å². The van der Waals surface area contributed by atoms with Gasteiger partial charge in [0.05, 0.1) is 27.3 Å². The van der Waals surface area contributed by atoms with E-state index in [1.165, 1.54) is 30.5 Å². The average Bonchev–Trinajstić information content (AvgIpc) is 2.37. The molecule has 106 valence electrons. The molecule has 0 aliphatic carbocycles. The molecule has 0 bridgehead atoms. The number of benzene rings is 1. The fraction of sp³-hybridized carbons (Fsp3) is 0.154. The monoisotopic (exact) mass is 320 g/mol. The summed E-state index contributed by atoms with van der Waals surface area (Å²) in [6, 6.07) is 5.36. The van der Waals surface area contributed by atoms with Crippen molar-refractivity contribution < 1.29 is 13.2 Å². The van der Waals surface area contributed by atoms with Gasteiger partial charge in [-0.2, -0.15) is 13.2 Å². The lowest BCUT2D eigenvalue weighted by Gasteiger charge is -2.18. The van der Waals surface area contributed by atoms with Crippen molar-refractivity contribution in [2.24, 2.45) is 5.73 Å². The number of pyridine rings is 1. The van der Waals surface area contributed by atoms with Gasteiger partial charge in [0.2, 0.25) is 0 Å². The lowest BCUT2D eigenvalue weighted by molar-refractivity contribution is -0.138. The molecular formula is C13H9Cl2F3N2. The maximum atomic E-state index is 13.0. The molecule has 1 heterocycles. The molecule has 0 aliphatic rings. The van der Waals surface area contributed by atoms with Gasteiger partial charge < -0.3 is 5.73 Å². The standard InChI is InChI=1S/C13H9Cl2F3N2/c14-7-5-10(15)12(20-6-7)11(19)8-3-1-2-4-9(8)13(16,17)18/h1-6,11H,19H2. The van der Waals surface area contributed by atoms with E-state index in [-0.39, 0.29) is 21.3 Å². The van der Waals surface area contributed by atoms with Crippen LogP contribution in [0, 0.1) is 0 Å². The summed E-state index contributed by atoms with van der Waals surface area (Å²) in [5, 5.41) is 0.414. The lowest BCUT2D eigenvalue weighted by atomic mass is 9.98. The molecule has 1 aromatic heterocycles. The van der Waals surface area contributed by atoms with Gasteiger partial charge >= 0.3 is 6.18 Å². The molecule has 2 N–H and O–H groups in total. The third-order valence-corrected chi connectivity index (χ3v) is 3.24. The highest BCUT2D eigenvalue weighted by atomic mass is 35.5. The second kappa shape index (κ2) is 5.60. The van der Waals surface area contributed by atoms with Crippen molar-refractivity contribution in [3.63, 3.8) is 0 Å². The van der Waals surface area contributed by atoms with Crippen molar-refractivity contribution in [2.45, 2.75) is 12.2 Å². The van der Waals surface area contributed by atoms with Gasteiger partial charge in [0.1, 0.15) is 0 Å². The largest absolute Gasteiger partial charge is 0.416 e. The highest BCUT2D eigenvalue weighted by Crippen LogP contribution is 2.36. The zero-order valence-electron chi connectivity index (χ0n) is 9.96. The molecule has 2 nitrogen and oxygen atoms in total. The number of halogens is 5. The number of hydrogen-bond acceptors (Lipinski definition) is 2. The van der Waals surface area contributed by atoms with E-state index in [4.69, 9.17) is 28.9 Å². The summed E-state index contributed by atoms with van der Waals surface area (Å²) in [4.78, 5) is 3.92. The molecule has 1 aromatic carbocycles. The Labute approximate surface area is 123 Å². The third-order valence-electron chi connectivity index (χ3n) is 2.73. The smallest absolute Gasteiger partial charge is 0.319 e. The normalized spacial score (nSPS) is 13.3. The van der Waals surface area contributed by atoms with E-state index in [2.05, 4.69) is 4.98 Å². The summed E-state index contributed by atoms with van der Waals surface area (Å²) in [6.45, 7) is 0. The van der Waals surface area contributed by atoms with E-state index in [9.17, 15) is 13.2 Å². The van der Waals surface area contributed by atoms with Gasteiger partial charge in [-0.05, 0) is 17.7 Å². The number of rotatable bonds is 2. The number of aromatic nitrogens is 1. The molecule has 0 aliphatic heterocycles. The SMILES string of the molecule is NC(c1ccccc1C(F)(F)F)c1ncc(Cl)cc1Cl. The molecule has 2 rings (SSSR count). The van der Waals surface area contributed by atoms with E-state index in [1.54, 1.807) is 0 Å². The molecule has 20 heavy (non-hydrogen) atoms. The Morgan fingerprint density at radius 1 is 1.15 bits per heavy atom. The topological polar surface area (TPSA) is 38.9 Å². The number of alkyl halides is 3. The Balaban J connectivity index is 2.51.